The Labute approximate surface area is 86.3 Å². The zero-order valence-corrected chi connectivity index (χ0v) is 8.39. The first kappa shape index (κ1) is 11.5. The predicted octanol–water partition coefficient (Wildman–Crippen LogP) is 0.409. The molecule has 82 valence electrons. The Morgan fingerprint density at radius 2 is 1.93 bits per heavy atom. The SMILES string of the molecule is CC1=C(C(=O)O)C=CC(C(=O)O)C1(C)O. The molecule has 1 aliphatic rings. The van der Waals surface area contributed by atoms with E-state index in [1.165, 1.54) is 26.0 Å². The van der Waals surface area contributed by atoms with Crippen molar-refractivity contribution < 1.29 is 24.9 Å². The first-order valence-electron chi connectivity index (χ1n) is 4.36. The van der Waals surface area contributed by atoms with Gasteiger partial charge >= 0.3 is 11.9 Å². The van der Waals surface area contributed by atoms with Crippen molar-refractivity contribution in [2.45, 2.75) is 19.4 Å². The van der Waals surface area contributed by atoms with Gasteiger partial charge in [0.25, 0.3) is 0 Å². The van der Waals surface area contributed by atoms with Crippen LogP contribution >= 0.6 is 0 Å². The molecule has 1 rings (SSSR count). The molecule has 3 N–H and O–H groups in total. The molecule has 0 radical (unpaired) electrons. The summed E-state index contributed by atoms with van der Waals surface area (Å²) in [6, 6.07) is 0. The molecule has 5 nitrogen and oxygen atoms in total. The number of carboxylic acid groups (broad SMARTS) is 2. The average Bonchev–Trinajstić information content (AvgIpc) is 2.07. The minimum atomic E-state index is -1.66. The van der Waals surface area contributed by atoms with Gasteiger partial charge in [0, 0.05) is 0 Å². The molecule has 0 saturated carbocycles. The van der Waals surface area contributed by atoms with Crippen LogP contribution in [0.2, 0.25) is 0 Å². The second-order valence-electron chi connectivity index (χ2n) is 3.67. The first-order valence-corrected chi connectivity index (χ1v) is 4.36. The molecule has 2 atom stereocenters. The lowest BCUT2D eigenvalue weighted by atomic mass is 9.77. The predicted molar refractivity (Wildman–Crippen MR) is 51.2 cm³/mol. The maximum atomic E-state index is 10.8. The third-order valence-corrected chi connectivity index (χ3v) is 2.72. The summed E-state index contributed by atoms with van der Waals surface area (Å²) >= 11 is 0. The van der Waals surface area contributed by atoms with Crippen LogP contribution < -0.4 is 0 Å². The van der Waals surface area contributed by atoms with Gasteiger partial charge in [-0.3, -0.25) is 4.79 Å². The van der Waals surface area contributed by atoms with Gasteiger partial charge in [-0.25, -0.2) is 4.79 Å². The molecule has 1 aliphatic carbocycles. The van der Waals surface area contributed by atoms with Crippen LogP contribution in [-0.4, -0.2) is 32.9 Å². The van der Waals surface area contributed by atoms with Crippen LogP contribution in [0.5, 0.6) is 0 Å². The lowest BCUT2D eigenvalue weighted by Gasteiger charge is -2.32. The van der Waals surface area contributed by atoms with Gasteiger partial charge in [-0.2, -0.15) is 0 Å². The number of hydrogen-bond acceptors (Lipinski definition) is 3. The van der Waals surface area contributed by atoms with Gasteiger partial charge in [0.05, 0.1) is 5.57 Å². The Hall–Kier alpha value is -1.62. The molecule has 0 bridgehead atoms. The first-order chi connectivity index (χ1) is 6.78. The number of rotatable bonds is 2. The van der Waals surface area contributed by atoms with Crippen LogP contribution in [0.25, 0.3) is 0 Å². The van der Waals surface area contributed by atoms with Gasteiger partial charge in [0.1, 0.15) is 11.5 Å². The second kappa shape index (κ2) is 3.51. The Morgan fingerprint density at radius 1 is 1.40 bits per heavy atom. The van der Waals surface area contributed by atoms with Gasteiger partial charge in [-0.15, -0.1) is 0 Å². The standard InChI is InChI=1S/C10H12O5/c1-5-6(8(11)12)3-4-7(9(13)14)10(5,2)15/h3-4,7,15H,1-2H3,(H,11,12)(H,13,14). The molecule has 0 amide bonds. The molecular formula is C10H12O5. The van der Waals surface area contributed by atoms with E-state index < -0.39 is 23.5 Å². The third kappa shape index (κ3) is 1.78. The van der Waals surface area contributed by atoms with Gasteiger partial charge < -0.3 is 15.3 Å². The summed E-state index contributed by atoms with van der Waals surface area (Å²) < 4.78 is 0. The fourth-order valence-corrected chi connectivity index (χ4v) is 1.57. The fraction of sp³-hybridized carbons (Fsp3) is 0.400. The van der Waals surface area contributed by atoms with Crippen molar-refractivity contribution in [2.24, 2.45) is 5.92 Å². The molecule has 15 heavy (non-hydrogen) atoms. The summed E-state index contributed by atoms with van der Waals surface area (Å²) in [5.74, 6) is -3.46. The Bertz CT molecular complexity index is 375. The average molecular weight is 212 g/mol. The molecule has 0 spiro atoms. The zero-order chi connectivity index (χ0) is 11.8. The summed E-state index contributed by atoms with van der Waals surface area (Å²) in [5, 5.41) is 27.6. The number of carbonyl (C=O) groups is 2. The Kier molecular flexibility index (Phi) is 2.68. The highest BCUT2D eigenvalue weighted by atomic mass is 16.4. The molecule has 0 aliphatic heterocycles. The highest BCUT2D eigenvalue weighted by molar-refractivity contribution is 5.92. The number of aliphatic carboxylic acids is 2. The van der Waals surface area contributed by atoms with Gasteiger partial charge in [0.15, 0.2) is 0 Å². The van der Waals surface area contributed by atoms with Crippen molar-refractivity contribution in [3.63, 3.8) is 0 Å². The quantitative estimate of drug-likeness (QED) is 0.616. The summed E-state index contributed by atoms with van der Waals surface area (Å²) in [5.41, 5.74) is -1.56. The van der Waals surface area contributed by atoms with Crippen LogP contribution in [0.4, 0.5) is 0 Å². The Morgan fingerprint density at radius 3 is 2.33 bits per heavy atom. The molecule has 0 aromatic rings. The van der Waals surface area contributed by atoms with E-state index >= 15 is 0 Å². The van der Waals surface area contributed by atoms with E-state index in [4.69, 9.17) is 10.2 Å². The van der Waals surface area contributed by atoms with Gasteiger partial charge in [-0.1, -0.05) is 12.2 Å². The minimum Gasteiger partial charge on any atom is -0.481 e. The van der Waals surface area contributed by atoms with E-state index in [2.05, 4.69) is 0 Å². The summed E-state index contributed by atoms with van der Waals surface area (Å²) in [6.07, 6.45) is 2.41. The maximum absolute atomic E-state index is 10.8. The molecule has 0 heterocycles. The van der Waals surface area contributed by atoms with E-state index in [-0.39, 0.29) is 11.1 Å². The smallest absolute Gasteiger partial charge is 0.335 e. The van der Waals surface area contributed by atoms with E-state index in [1.54, 1.807) is 0 Å². The van der Waals surface area contributed by atoms with Gasteiger partial charge in [-0.05, 0) is 19.4 Å². The third-order valence-electron chi connectivity index (χ3n) is 2.72. The number of aliphatic hydroxyl groups is 1. The number of carboxylic acids is 2. The minimum absolute atomic E-state index is 0.0579. The lowest BCUT2D eigenvalue weighted by Crippen LogP contribution is -2.42. The summed E-state index contributed by atoms with van der Waals surface area (Å²) in [7, 11) is 0. The highest BCUT2D eigenvalue weighted by Crippen LogP contribution is 2.33. The van der Waals surface area contributed by atoms with Crippen molar-refractivity contribution in [3.8, 4) is 0 Å². The molecule has 0 saturated heterocycles. The second-order valence-corrected chi connectivity index (χ2v) is 3.67. The number of hydrogen-bond donors (Lipinski definition) is 3. The van der Waals surface area contributed by atoms with E-state index in [0.717, 1.165) is 0 Å². The topological polar surface area (TPSA) is 94.8 Å². The summed E-state index contributed by atoms with van der Waals surface area (Å²) in [6.45, 7) is 2.72. The van der Waals surface area contributed by atoms with Crippen molar-refractivity contribution in [1.29, 1.82) is 0 Å². The molecule has 0 fully saturated rings. The van der Waals surface area contributed by atoms with Crippen molar-refractivity contribution in [3.05, 3.63) is 23.3 Å². The summed E-state index contributed by atoms with van der Waals surface area (Å²) in [4.78, 5) is 21.6. The zero-order valence-electron chi connectivity index (χ0n) is 8.39. The van der Waals surface area contributed by atoms with Crippen LogP contribution in [0, 0.1) is 5.92 Å². The lowest BCUT2D eigenvalue weighted by molar-refractivity contribution is -0.146. The van der Waals surface area contributed by atoms with Gasteiger partial charge in [0.2, 0.25) is 0 Å². The molecular weight excluding hydrogens is 200 g/mol. The van der Waals surface area contributed by atoms with Crippen LogP contribution in [0.3, 0.4) is 0 Å². The normalized spacial score (nSPS) is 30.5. The van der Waals surface area contributed by atoms with Crippen LogP contribution in [0.1, 0.15) is 13.8 Å². The highest BCUT2D eigenvalue weighted by Gasteiger charge is 2.41. The molecule has 2 unspecified atom stereocenters. The molecule has 0 aromatic heterocycles. The largest absolute Gasteiger partial charge is 0.481 e. The van der Waals surface area contributed by atoms with E-state index in [1.807, 2.05) is 0 Å². The molecule has 5 heteroatoms. The van der Waals surface area contributed by atoms with Crippen LogP contribution in [0.15, 0.2) is 23.3 Å². The Balaban J connectivity index is 3.23. The van der Waals surface area contributed by atoms with E-state index in [9.17, 15) is 14.7 Å². The maximum Gasteiger partial charge on any atom is 0.335 e. The molecule has 0 aromatic carbocycles. The van der Waals surface area contributed by atoms with Crippen molar-refractivity contribution in [1.82, 2.24) is 0 Å². The van der Waals surface area contributed by atoms with Crippen LogP contribution in [-0.2, 0) is 9.59 Å². The van der Waals surface area contributed by atoms with E-state index in [0.29, 0.717) is 0 Å². The fourth-order valence-electron chi connectivity index (χ4n) is 1.57. The van der Waals surface area contributed by atoms with Crippen molar-refractivity contribution in [2.75, 3.05) is 0 Å². The van der Waals surface area contributed by atoms with Crippen molar-refractivity contribution >= 4 is 11.9 Å². The monoisotopic (exact) mass is 212 g/mol.